The summed E-state index contributed by atoms with van der Waals surface area (Å²) < 4.78 is 62.2. The molecule has 0 aliphatic carbocycles. The molecule has 0 spiro atoms. The van der Waals surface area contributed by atoms with Crippen LogP contribution in [0.15, 0.2) is 71.8 Å². The number of nitrogens with zero attached hydrogens (tertiary/aromatic N) is 1. The number of carbonyl (C=O) groups excluding carboxylic acids is 1. The summed E-state index contributed by atoms with van der Waals surface area (Å²) in [7, 11) is -4.35. The maximum Gasteiger partial charge on any atom is 0.402 e. The van der Waals surface area contributed by atoms with Crippen molar-refractivity contribution in [1.29, 1.82) is 0 Å². The van der Waals surface area contributed by atoms with Crippen LogP contribution in [-0.4, -0.2) is 32.0 Å². The predicted molar refractivity (Wildman–Crippen MR) is 115 cm³/mol. The Morgan fingerprint density at radius 1 is 1.03 bits per heavy atom. The van der Waals surface area contributed by atoms with Crippen molar-refractivity contribution in [1.82, 2.24) is 9.71 Å². The number of nitrogens with one attached hydrogen (secondary N) is 2. The van der Waals surface area contributed by atoms with Crippen molar-refractivity contribution in [3.63, 3.8) is 0 Å². The lowest BCUT2D eigenvalue weighted by molar-refractivity contribution is -0.121. The van der Waals surface area contributed by atoms with Gasteiger partial charge < -0.3 is 5.32 Å². The molecule has 1 aromatic heterocycles. The van der Waals surface area contributed by atoms with Crippen molar-refractivity contribution in [2.75, 3.05) is 11.9 Å². The van der Waals surface area contributed by atoms with E-state index in [1.54, 1.807) is 18.3 Å². The molecule has 0 bridgehead atoms. The Kier molecular flexibility index (Phi) is 6.95. The van der Waals surface area contributed by atoms with Crippen LogP contribution in [0.25, 0.3) is 11.3 Å². The molecule has 168 valence electrons. The topological polar surface area (TPSA) is 88.2 Å². The maximum absolute atomic E-state index is 12.6. The first kappa shape index (κ1) is 23.4. The summed E-state index contributed by atoms with van der Waals surface area (Å²) in [6.07, 6.45) is -2.22. The SMILES string of the molecule is CCc1ccc(NC(=O)c2ccc(S(=O)(=O)NCC(F)(F)F)cc2)cc1-c1ccccn1. The van der Waals surface area contributed by atoms with Gasteiger partial charge in [-0.25, -0.2) is 13.1 Å². The monoisotopic (exact) mass is 463 g/mol. The zero-order valence-corrected chi connectivity index (χ0v) is 17.8. The lowest BCUT2D eigenvalue weighted by Gasteiger charge is -2.12. The van der Waals surface area contributed by atoms with Gasteiger partial charge in [0.25, 0.3) is 5.91 Å². The van der Waals surface area contributed by atoms with E-state index in [9.17, 15) is 26.4 Å². The van der Waals surface area contributed by atoms with Gasteiger partial charge in [-0.15, -0.1) is 0 Å². The Hall–Kier alpha value is -3.24. The van der Waals surface area contributed by atoms with Crippen molar-refractivity contribution >= 4 is 21.6 Å². The molecule has 1 amide bonds. The van der Waals surface area contributed by atoms with E-state index in [0.29, 0.717) is 5.69 Å². The summed E-state index contributed by atoms with van der Waals surface area (Å²) in [5, 5.41) is 2.74. The average Bonchev–Trinajstić information content (AvgIpc) is 2.78. The highest BCUT2D eigenvalue weighted by Crippen LogP contribution is 2.26. The second-order valence-corrected chi connectivity index (χ2v) is 8.63. The molecule has 2 aromatic carbocycles. The van der Waals surface area contributed by atoms with Crippen LogP contribution in [0, 0.1) is 0 Å². The molecule has 32 heavy (non-hydrogen) atoms. The number of aryl methyl sites for hydroxylation is 1. The number of sulfonamides is 1. The summed E-state index contributed by atoms with van der Waals surface area (Å²) in [6, 6.07) is 15.6. The first-order valence-electron chi connectivity index (χ1n) is 9.61. The summed E-state index contributed by atoms with van der Waals surface area (Å²) >= 11 is 0. The Balaban J connectivity index is 1.77. The number of halogens is 3. The largest absolute Gasteiger partial charge is 0.402 e. The number of alkyl halides is 3. The van der Waals surface area contributed by atoms with E-state index in [2.05, 4.69) is 10.3 Å². The van der Waals surface area contributed by atoms with Gasteiger partial charge in [0.1, 0.15) is 6.54 Å². The first-order valence-corrected chi connectivity index (χ1v) is 11.1. The Morgan fingerprint density at radius 2 is 1.75 bits per heavy atom. The summed E-state index contributed by atoms with van der Waals surface area (Å²) in [5.74, 6) is -0.492. The normalized spacial score (nSPS) is 11.9. The van der Waals surface area contributed by atoms with Gasteiger partial charge in [0.05, 0.1) is 10.6 Å². The lowest BCUT2D eigenvalue weighted by atomic mass is 10.0. The van der Waals surface area contributed by atoms with Crippen molar-refractivity contribution in [3.8, 4) is 11.3 Å². The number of hydrogen-bond acceptors (Lipinski definition) is 4. The van der Waals surface area contributed by atoms with E-state index in [1.165, 1.54) is 16.9 Å². The third-order valence-electron chi connectivity index (χ3n) is 4.58. The van der Waals surface area contributed by atoms with E-state index in [0.717, 1.165) is 35.4 Å². The molecular formula is C22H20F3N3O3S. The van der Waals surface area contributed by atoms with E-state index >= 15 is 0 Å². The highest BCUT2D eigenvalue weighted by molar-refractivity contribution is 7.89. The van der Waals surface area contributed by atoms with E-state index in [4.69, 9.17) is 0 Å². The molecule has 6 nitrogen and oxygen atoms in total. The molecule has 0 aliphatic heterocycles. The van der Waals surface area contributed by atoms with Gasteiger partial charge in [0, 0.05) is 23.0 Å². The number of pyridine rings is 1. The Bertz CT molecular complexity index is 1200. The van der Waals surface area contributed by atoms with Gasteiger partial charge in [-0.3, -0.25) is 9.78 Å². The average molecular weight is 463 g/mol. The van der Waals surface area contributed by atoms with Gasteiger partial charge >= 0.3 is 6.18 Å². The van der Waals surface area contributed by atoms with Crippen LogP contribution in [0.2, 0.25) is 0 Å². The van der Waals surface area contributed by atoms with Crippen LogP contribution in [-0.2, 0) is 16.4 Å². The third-order valence-corrected chi connectivity index (χ3v) is 6.00. The van der Waals surface area contributed by atoms with Crippen LogP contribution in [0.5, 0.6) is 0 Å². The summed E-state index contributed by atoms with van der Waals surface area (Å²) in [5.41, 5.74) is 3.38. The number of carbonyl (C=O) groups is 1. The minimum absolute atomic E-state index is 0.152. The van der Waals surface area contributed by atoms with Crippen LogP contribution in [0.1, 0.15) is 22.8 Å². The lowest BCUT2D eigenvalue weighted by Crippen LogP contribution is -2.33. The number of aromatic nitrogens is 1. The van der Waals surface area contributed by atoms with E-state index in [-0.39, 0.29) is 10.5 Å². The molecule has 0 unspecified atom stereocenters. The molecule has 2 N–H and O–H groups in total. The number of hydrogen-bond donors (Lipinski definition) is 2. The highest BCUT2D eigenvalue weighted by Gasteiger charge is 2.30. The smallest absolute Gasteiger partial charge is 0.322 e. The number of amides is 1. The van der Waals surface area contributed by atoms with Gasteiger partial charge in [0.2, 0.25) is 10.0 Å². The van der Waals surface area contributed by atoms with E-state index in [1.807, 2.05) is 31.2 Å². The van der Waals surface area contributed by atoms with Gasteiger partial charge in [-0.05, 0) is 60.5 Å². The molecule has 3 aromatic rings. The molecule has 1 heterocycles. The molecule has 0 saturated carbocycles. The minimum atomic E-state index is -4.67. The Morgan fingerprint density at radius 3 is 2.34 bits per heavy atom. The zero-order chi connectivity index (χ0) is 23.4. The molecule has 0 atom stereocenters. The molecule has 0 saturated heterocycles. The standard InChI is InChI=1S/C22H20F3N3O3S/c1-2-15-6-9-17(13-19(15)20-5-3-4-12-26-20)28-21(29)16-7-10-18(11-8-16)32(30,31)27-14-22(23,24)25/h3-13,27H,2,14H2,1H3,(H,28,29). The molecular weight excluding hydrogens is 443 g/mol. The fraction of sp³-hybridized carbons (Fsp3) is 0.182. The molecule has 0 aliphatic rings. The van der Waals surface area contributed by atoms with Gasteiger partial charge in [0.15, 0.2) is 0 Å². The minimum Gasteiger partial charge on any atom is -0.322 e. The summed E-state index contributed by atoms with van der Waals surface area (Å²) in [4.78, 5) is 16.6. The molecule has 0 fully saturated rings. The first-order chi connectivity index (χ1) is 15.1. The van der Waals surface area contributed by atoms with Crippen molar-refractivity contribution < 1.29 is 26.4 Å². The fourth-order valence-electron chi connectivity index (χ4n) is 2.97. The van der Waals surface area contributed by atoms with Crippen molar-refractivity contribution in [2.24, 2.45) is 0 Å². The second-order valence-electron chi connectivity index (χ2n) is 6.86. The predicted octanol–water partition coefficient (Wildman–Crippen LogP) is 4.40. The van der Waals surface area contributed by atoms with Crippen LogP contribution in [0.4, 0.5) is 18.9 Å². The van der Waals surface area contributed by atoms with Crippen LogP contribution in [0.3, 0.4) is 0 Å². The molecule has 10 heteroatoms. The molecule has 3 rings (SSSR count). The number of rotatable bonds is 7. The highest BCUT2D eigenvalue weighted by atomic mass is 32.2. The van der Waals surface area contributed by atoms with Crippen molar-refractivity contribution in [3.05, 3.63) is 78.0 Å². The maximum atomic E-state index is 12.6. The van der Waals surface area contributed by atoms with Crippen LogP contribution >= 0.6 is 0 Å². The quantitative estimate of drug-likeness (QED) is 0.544. The van der Waals surface area contributed by atoms with Gasteiger partial charge in [-0.2, -0.15) is 13.2 Å². The van der Waals surface area contributed by atoms with E-state index < -0.39 is 28.7 Å². The fourth-order valence-corrected chi connectivity index (χ4v) is 3.99. The summed E-state index contributed by atoms with van der Waals surface area (Å²) in [6.45, 7) is 0.336. The van der Waals surface area contributed by atoms with Crippen molar-refractivity contribution in [2.45, 2.75) is 24.4 Å². The van der Waals surface area contributed by atoms with Gasteiger partial charge in [-0.1, -0.05) is 19.1 Å². The Labute approximate surface area is 183 Å². The zero-order valence-electron chi connectivity index (χ0n) is 17.0. The van der Waals surface area contributed by atoms with Crippen LogP contribution < -0.4 is 10.0 Å². The molecule has 0 radical (unpaired) electrons. The number of anilines is 1. The second kappa shape index (κ2) is 9.49. The number of benzene rings is 2. The third kappa shape index (κ3) is 5.92.